The summed E-state index contributed by atoms with van der Waals surface area (Å²) in [5.41, 5.74) is 20.2. The number of aryl methyl sites for hydroxylation is 3. The Morgan fingerprint density at radius 1 is 1.02 bits per heavy atom. The van der Waals surface area contributed by atoms with E-state index in [2.05, 4.69) is 59.8 Å². The summed E-state index contributed by atoms with van der Waals surface area (Å²) in [7, 11) is 0. The number of nitrogen functional groups attached to an aromatic ring is 2. The van der Waals surface area contributed by atoms with E-state index >= 15 is 0 Å². The van der Waals surface area contributed by atoms with Crippen LogP contribution >= 0.6 is 11.6 Å². The Morgan fingerprint density at radius 2 is 1.70 bits per heavy atom. The Kier molecular flexibility index (Phi) is 12.6. The van der Waals surface area contributed by atoms with Gasteiger partial charge in [-0.15, -0.1) is 5.10 Å². The van der Waals surface area contributed by atoms with Gasteiger partial charge >= 0.3 is 5.91 Å². The van der Waals surface area contributed by atoms with Crippen molar-refractivity contribution in [1.29, 1.82) is 0 Å². The Labute approximate surface area is 271 Å². The molecule has 1 aromatic carbocycles. The van der Waals surface area contributed by atoms with Gasteiger partial charge in [0.05, 0.1) is 18.9 Å². The first-order valence-electron chi connectivity index (χ1n) is 15.1. The van der Waals surface area contributed by atoms with Crippen molar-refractivity contribution in [1.82, 2.24) is 40.1 Å². The molecule has 0 aliphatic carbocycles. The number of likely N-dealkylation sites (tertiary alicyclic amines) is 1. The largest absolute Gasteiger partial charge is 0.395 e. The molecule has 2 amide bonds. The third-order valence-corrected chi connectivity index (χ3v) is 7.88. The number of nitrogens with zero attached hydrogens (tertiary/aromatic N) is 8. The predicted octanol–water partition coefficient (Wildman–Crippen LogP) is -0.416. The van der Waals surface area contributed by atoms with E-state index in [9.17, 15) is 9.59 Å². The molecule has 1 aliphatic rings. The molecule has 9 N–H and O–H groups in total. The summed E-state index contributed by atoms with van der Waals surface area (Å²) in [6.07, 6.45) is 4.98. The first-order valence-corrected chi connectivity index (χ1v) is 15.4. The first-order chi connectivity index (χ1) is 22.1. The molecule has 0 bridgehead atoms. The second-order valence-electron chi connectivity index (χ2n) is 11.0. The van der Waals surface area contributed by atoms with Crippen LogP contribution < -0.4 is 22.5 Å². The number of aromatic nitrogens is 5. The van der Waals surface area contributed by atoms with Crippen LogP contribution in [0.2, 0.25) is 5.15 Å². The molecule has 2 aromatic heterocycles. The molecule has 16 nitrogen and oxygen atoms in total. The van der Waals surface area contributed by atoms with Gasteiger partial charge in [0, 0.05) is 64.3 Å². The van der Waals surface area contributed by atoms with Crippen LogP contribution in [0, 0.1) is 0 Å². The van der Waals surface area contributed by atoms with Gasteiger partial charge in [-0.3, -0.25) is 19.2 Å². The number of halogens is 1. The van der Waals surface area contributed by atoms with Crippen LogP contribution in [0.25, 0.3) is 0 Å². The molecular weight excluding hydrogens is 616 g/mol. The average molecular weight is 657 g/mol. The monoisotopic (exact) mass is 656 g/mol. The SMILES string of the molecule is N/C(=N\C(=O)c1nc(Cl)c(N)nc1N)NC1CCN(Cc2ccc(CCn3cc(CCC(=O)N(CCO)CCO)nn3)cc2)CC1. The maximum atomic E-state index is 12.4. The van der Waals surface area contributed by atoms with Crippen molar-refractivity contribution in [2.24, 2.45) is 10.7 Å². The number of carbonyl (C=O) groups is 2. The topological polar surface area (TPSA) is 240 Å². The quantitative estimate of drug-likeness (QED) is 0.0956. The molecule has 46 heavy (non-hydrogen) atoms. The fourth-order valence-electron chi connectivity index (χ4n) is 5.11. The number of aliphatic hydroxyl groups is 2. The van der Waals surface area contributed by atoms with Gasteiger partial charge in [-0.2, -0.15) is 4.99 Å². The summed E-state index contributed by atoms with van der Waals surface area (Å²) in [6, 6.07) is 8.58. The smallest absolute Gasteiger partial charge is 0.302 e. The normalized spacial score (nSPS) is 14.4. The summed E-state index contributed by atoms with van der Waals surface area (Å²) < 4.78 is 1.77. The van der Waals surface area contributed by atoms with E-state index in [0.717, 1.165) is 44.6 Å². The second-order valence-corrected chi connectivity index (χ2v) is 11.4. The Bertz CT molecular complexity index is 1490. The molecule has 0 unspecified atom stereocenters. The number of aliphatic hydroxyl groups excluding tert-OH is 2. The number of piperidine rings is 1. The molecule has 1 aliphatic heterocycles. The van der Waals surface area contributed by atoms with Crippen molar-refractivity contribution in [3.05, 3.63) is 58.1 Å². The zero-order valence-corrected chi connectivity index (χ0v) is 26.3. The maximum absolute atomic E-state index is 12.4. The fraction of sp³-hybridized carbons (Fsp3) is 0.483. The Balaban J connectivity index is 1.17. The summed E-state index contributed by atoms with van der Waals surface area (Å²) in [6.45, 7) is 3.31. The average Bonchev–Trinajstić information content (AvgIpc) is 3.50. The lowest BCUT2D eigenvalue weighted by atomic mass is 10.0. The van der Waals surface area contributed by atoms with Crippen molar-refractivity contribution in [3.63, 3.8) is 0 Å². The molecule has 0 radical (unpaired) electrons. The minimum atomic E-state index is -0.755. The zero-order valence-electron chi connectivity index (χ0n) is 25.6. The maximum Gasteiger partial charge on any atom is 0.302 e. The van der Waals surface area contributed by atoms with Crippen molar-refractivity contribution in [2.75, 3.05) is 50.9 Å². The molecule has 248 valence electrons. The van der Waals surface area contributed by atoms with Gasteiger partial charge in [0.25, 0.3) is 0 Å². The number of nitrogens with one attached hydrogen (secondary N) is 1. The Morgan fingerprint density at radius 3 is 2.37 bits per heavy atom. The molecule has 0 saturated carbocycles. The van der Waals surface area contributed by atoms with E-state index in [1.54, 1.807) is 4.68 Å². The van der Waals surface area contributed by atoms with Gasteiger partial charge in [-0.25, -0.2) is 9.97 Å². The first kappa shape index (κ1) is 34.5. The number of guanidine groups is 1. The highest BCUT2D eigenvalue weighted by atomic mass is 35.5. The standard InChI is InChI=1S/C29H41ClN12O4/c30-25-27(32)36-26(31)24(35-25)28(46)37-29(33)34-21-8-10-40(11-9-21)17-20-3-1-19(2-4-20)7-12-42-18-22(38-39-42)5-6-23(45)41(13-15-43)14-16-44/h1-4,18,21,43-44H,5-17H2,(H4,31,32,36)(H3,33,34,37,46). The lowest BCUT2D eigenvalue weighted by molar-refractivity contribution is -0.132. The number of rotatable bonds is 14. The van der Waals surface area contributed by atoms with E-state index in [0.29, 0.717) is 13.0 Å². The highest BCUT2D eigenvalue weighted by Gasteiger charge is 2.21. The number of carbonyl (C=O) groups excluding carboxylic acids is 2. The minimum absolute atomic E-state index is 0.0229. The molecule has 1 saturated heterocycles. The van der Waals surface area contributed by atoms with Gasteiger partial charge in [-0.1, -0.05) is 41.1 Å². The highest BCUT2D eigenvalue weighted by Crippen LogP contribution is 2.18. The molecule has 4 rings (SSSR count). The van der Waals surface area contributed by atoms with E-state index in [1.165, 1.54) is 16.0 Å². The third-order valence-electron chi connectivity index (χ3n) is 7.60. The van der Waals surface area contributed by atoms with Crippen molar-refractivity contribution in [2.45, 2.75) is 51.2 Å². The van der Waals surface area contributed by atoms with Gasteiger partial charge in [0.1, 0.15) is 0 Å². The number of benzene rings is 1. The van der Waals surface area contributed by atoms with Gasteiger partial charge in [0.15, 0.2) is 28.4 Å². The number of nitrogens with two attached hydrogens (primary N) is 3. The van der Waals surface area contributed by atoms with Crippen molar-refractivity contribution >= 4 is 41.0 Å². The highest BCUT2D eigenvalue weighted by molar-refractivity contribution is 6.31. The van der Waals surface area contributed by atoms with E-state index in [1.807, 2.05) is 6.20 Å². The number of amides is 2. The zero-order chi connectivity index (χ0) is 33.1. The third kappa shape index (κ3) is 10.1. The van der Waals surface area contributed by atoms with Crippen LogP contribution in [0.4, 0.5) is 11.6 Å². The van der Waals surface area contributed by atoms with Crippen LogP contribution in [0.1, 0.15) is 46.6 Å². The summed E-state index contributed by atoms with van der Waals surface area (Å²) >= 11 is 5.85. The number of aliphatic imine (C=N–C) groups is 1. The fourth-order valence-corrected chi connectivity index (χ4v) is 5.24. The molecule has 3 aromatic rings. The molecule has 17 heteroatoms. The van der Waals surface area contributed by atoms with Gasteiger partial charge in [0.2, 0.25) is 5.91 Å². The summed E-state index contributed by atoms with van der Waals surface area (Å²) in [5.74, 6) is -1.15. The lowest BCUT2D eigenvalue weighted by Gasteiger charge is -2.32. The van der Waals surface area contributed by atoms with Gasteiger partial charge in [-0.05, 0) is 30.4 Å². The van der Waals surface area contributed by atoms with Crippen LogP contribution in [-0.2, 0) is 30.7 Å². The number of hydrogen-bond donors (Lipinski definition) is 6. The van der Waals surface area contributed by atoms with Crippen LogP contribution in [-0.4, -0.2) is 108 Å². The molecule has 3 heterocycles. The minimum Gasteiger partial charge on any atom is -0.395 e. The summed E-state index contributed by atoms with van der Waals surface area (Å²) in [5, 5.41) is 29.5. The van der Waals surface area contributed by atoms with E-state index < -0.39 is 5.91 Å². The van der Waals surface area contributed by atoms with Crippen LogP contribution in [0.5, 0.6) is 0 Å². The molecule has 0 atom stereocenters. The van der Waals surface area contributed by atoms with Crippen molar-refractivity contribution < 1.29 is 19.8 Å². The Hall–Kier alpha value is -4.38. The van der Waals surface area contributed by atoms with Crippen LogP contribution in [0.15, 0.2) is 35.5 Å². The number of hydrogen-bond acceptors (Lipinski definition) is 11. The number of anilines is 2. The molecular formula is C29H41ClN12O4. The molecule has 1 fully saturated rings. The summed E-state index contributed by atoms with van der Waals surface area (Å²) in [4.78, 5) is 40.1. The molecule has 0 spiro atoms. The lowest BCUT2D eigenvalue weighted by Crippen LogP contribution is -2.47. The van der Waals surface area contributed by atoms with Crippen molar-refractivity contribution in [3.8, 4) is 0 Å². The van der Waals surface area contributed by atoms with Crippen LogP contribution in [0.3, 0.4) is 0 Å². The predicted molar refractivity (Wildman–Crippen MR) is 172 cm³/mol. The van der Waals surface area contributed by atoms with Gasteiger partial charge < -0.3 is 37.6 Å². The van der Waals surface area contributed by atoms with E-state index in [-0.39, 0.29) is 73.1 Å². The second kappa shape index (κ2) is 16.8. The van der Waals surface area contributed by atoms with E-state index in [4.69, 9.17) is 39.0 Å².